The number of ether oxygens (including phenoxy) is 6. The SMILES string of the molecule is CC(C)(C)OC(=O)N[C@H]1COc2ccccc2CC1=O.CCN1C(=O)[C@@H](N)COc2ccccc21.CCN1C(=O)[C@@H](NC(=O)OC(C)(C)C)COc2ccccc21.CCN1C(=O)[C@@H](NC(=O)c2cc(Cc3ccccc3)on2)COc2ccccc21.Cl.Cl.O=C(O)c1cc(Cc2ccccc2)on1. The number of alkyl carbamates (subject to hydrolysis) is 2. The second kappa shape index (κ2) is 38.2. The Balaban J connectivity index is 0.000000206. The molecule has 0 fully saturated rings. The van der Waals surface area contributed by atoms with Crippen LogP contribution in [0.4, 0.5) is 26.7 Å². The van der Waals surface area contributed by atoms with Gasteiger partial charge in [-0.1, -0.05) is 126 Å². The average molecular weight is 1460 g/mol. The van der Waals surface area contributed by atoms with Crippen molar-refractivity contribution in [2.24, 2.45) is 5.73 Å². The quantitative estimate of drug-likeness (QED) is 0.0758. The number of carboxylic acids is 1. The summed E-state index contributed by atoms with van der Waals surface area (Å²) >= 11 is 0. The summed E-state index contributed by atoms with van der Waals surface area (Å²) in [4.78, 5) is 101. The van der Waals surface area contributed by atoms with E-state index in [4.69, 9.17) is 48.3 Å². The van der Waals surface area contributed by atoms with Crippen molar-refractivity contribution in [3.63, 3.8) is 0 Å². The lowest BCUT2D eigenvalue weighted by Gasteiger charge is -2.25. The number of ketones is 1. The number of aromatic carboxylic acids is 1. The van der Waals surface area contributed by atoms with Crippen LogP contribution >= 0.6 is 24.8 Å². The monoisotopic (exact) mass is 1460 g/mol. The molecule has 0 saturated carbocycles. The molecule has 0 bridgehead atoms. The van der Waals surface area contributed by atoms with Gasteiger partial charge >= 0.3 is 18.2 Å². The number of hydrogen-bond acceptors (Lipinski definition) is 19. The summed E-state index contributed by atoms with van der Waals surface area (Å²) in [6.07, 6.45) is 0.102. The van der Waals surface area contributed by atoms with Crippen LogP contribution in [0.3, 0.4) is 0 Å². The van der Waals surface area contributed by atoms with Gasteiger partial charge in [0, 0.05) is 56.6 Å². The minimum atomic E-state index is -1.07. The maximum absolute atomic E-state index is 12.9. The molecule has 6 heterocycles. The van der Waals surface area contributed by atoms with Crippen LogP contribution in [0.25, 0.3) is 0 Å². The number of para-hydroxylation sites is 7. The number of benzene rings is 6. The lowest BCUT2D eigenvalue weighted by atomic mass is 10.1. The molecule has 0 unspecified atom stereocenters. The summed E-state index contributed by atoms with van der Waals surface area (Å²) in [5.74, 6) is 1.65. The molecule has 12 rings (SSSR count). The molecule has 103 heavy (non-hydrogen) atoms. The Kier molecular flexibility index (Phi) is 30.0. The largest absolute Gasteiger partial charge is 0.491 e. The van der Waals surface area contributed by atoms with Crippen LogP contribution in [0.15, 0.2) is 179 Å². The van der Waals surface area contributed by atoms with Crippen molar-refractivity contribution in [3.05, 3.63) is 209 Å². The van der Waals surface area contributed by atoms with Gasteiger partial charge in [-0.2, -0.15) is 0 Å². The van der Waals surface area contributed by atoms with Crippen molar-refractivity contribution in [3.8, 4) is 23.0 Å². The van der Waals surface area contributed by atoms with Gasteiger partial charge in [0.2, 0.25) is 5.91 Å². The third kappa shape index (κ3) is 23.6. The predicted molar refractivity (Wildman–Crippen MR) is 389 cm³/mol. The molecule has 2 aromatic heterocycles. The van der Waals surface area contributed by atoms with E-state index in [0.29, 0.717) is 72.6 Å². The number of aromatic nitrogens is 2. The van der Waals surface area contributed by atoms with Gasteiger partial charge in [-0.15, -0.1) is 24.8 Å². The summed E-state index contributed by atoms with van der Waals surface area (Å²) in [6.45, 7) is 18.4. The lowest BCUT2D eigenvalue weighted by Crippen LogP contribution is -2.51. The number of nitrogens with two attached hydrogens (primary N) is 1. The number of fused-ring (bicyclic) bond motifs is 4. The first-order valence-electron chi connectivity index (χ1n) is 32.9. The van der Waals surface area contributed by atoms with Gasteiger partial charge in [0.1, 0.15) is 96.3 Å². The zero-order valence-electron chi connectivity index (χ0n) is 58.7. The zero-order valence-corrected chi connectivity index (χ0v) is 60.3. The van der Waals surface area contributed by atoms with E-state index in [-0.39, 0.29) is 92.6 Å². The van der Waals surface area contributed by atoms with Gasteiger partial charge in [-0.05, 0) is 116 Å². The topological polar surface area (TPSA) is 336 Å². The van der Waals surface area contributed by atoms with Gasteiger partial charge in [0.05, 0.1) is 17.1 Å². The first-order valence-corrected chi connectivity index (χ1v) is 32.9. The summed E-state index contributed by atoms with van der Waals surface area (Å²) in [7, 11) is 0. The van der Waals surface area contributed by atoms with E-state index in [1.54, 1.807) is 68.4 Å². The Morgan fingerprint density at radius 3 is 1.28 bits per heavy atom. The van der Waals surface area contributed by atoms with Crippen molar-refractivity contribution in [1.29, 1.82) is 0 Å². The Morgan fingerprint density at radius 2 is 0.845 bits per heavy atom. The maximum atomic E-state index is 12.9. The van der Waals surface area contributed by atoms with E-state index in [9.17, 15) is 38.4 Å². The molecule has 548 valence electrons. The van der Waals surface area contributed by atoms with Crippen LogP contribution in [0.2, 0.25) is 0 Å². The maximum Gasteiger partial charge on any atom is 0.408 e. The number of nitrogens with one attached hydrogen (secondary N) is 3. The van der Waals surface area contributed by atoms with Crippen LogP contribution in [-0.4, -0.2) is 144 Å². The molecule has 4 aliphatic heterocycles. The molecule has 8 aromatic rings. The summed E-state index contributed by atoms with van der Waals surface area (Å²) in [5.41, 5.74) is 9.74. The zero-order chi connectivity index (χ0) is 72.8. The van der Waals surface area contributed by atoms with Crippen molar-refractivity contribution in [2.45, 2.75) is 117 Å². The van der Waals surface area contributed by atoms with Crippen molar-refractivity contribution < 1.29 is 80.9 Å². The molecule has 26 nitrogen and oxygen atoms in total. The number of carboxylic acid groups (broad SMARTS) is 1. The van der Waals surface area contributed by atoms with Crippen LogP contribution in [-0.2, 0) is 47.9 Å². The Hall–Kier alpha value is -11.0. The van der Waals surface area contributed by atoms with E-state index in [0.717, 1.165) is 28.1 Å². The second-order valence-electron chi connectivity index (χ2n) is 25.2. The van der Waals surface area contributed by atoms with Gasteiger partial charge in [-0.3, -0.25) is 24.0 Å². The van der Waals surface area contributed by atoms with Crippen LogP contribution in [0.1, 0.15) is 112 Å². The fourth-order valence-electron chi connectivity index (χ4n) is 10.5. The van der Waals surface area contributed by atoms with E-state index in [1.165, 1.54) is 6.07 Å². The third-order valence-corrected chi connectivity index (χ3v) is 15.2. The van der Waals surface area contributed by atoms with E-state index >= 15 is 0 Å². The van der Waals surface area contributed by atoms with Crippen LogP contribution < -0.4 is 55.3 Å². The van der Waals surface area contributed by atoms with E-state index in [2.05, 4.69) is 26.3 Å². The number of rotatable bonds is 12. The highest BCUT2D eigenvalue weighted by Crippen LogP contribution is 2.34. The molecule has 6 N–H and O–H groups in total. The minimum absolute atomic E-state index is 0. The highest BCUT2D eigenvalue weighted by Gasteiger charge is 2.35. The van der Waals surface area contributed by atoms with Gasteiger partial charge in [-0.25, -0.2) is 14.4 Å². The average Bonchev–Trinajstić information content (AvgIpc) is 1.81. The molecule has 0 saturated heterocycles. The molecule has 4 atom stereocenters. The van der Waals surface area contributed by atoms with Crippen LogP contribution in [0.5, 0.6) is 23.0 Å². The molecular formula is C75H87Cl2N9O17. The highest BCUT2D eigenvalue weighted by molar-refractivity contribution is 6.04. The number of carbonyl (C=O) groups is 8. The second-order valence-corrected chi connectivity index (χ2v) is 25.2. The Labute approximate surface area is 609 Å². The minimum Gasteiger partial charge on any atom is -0.491 e. The normalized spacial score (nSPS) is 16.4. The fourth-order valence-corrected chi connectivity index (χ4v) is 10.5. The lowest BCUT2D eigenvalue weighted by molar-refractivity contribution is -0.121. The van der Waals surface area contributed by atoms with Crippen molar-refractivity contribution >= 4 is 89.4 Å². The van der Waals surface area contributed by atoms with Crippen molar-refractivity contribution in [1.82, 2.24) is 26.3 Å². The fraction of sp³-hybridized carbons (Fsp3) is 0.333. The molecule has 6 aromatic carbocycles. The number of amides is 6. The molecule has 0 spiro atoms. The summed E-state index contributed by atoms with van der Waals surface area (Å²) < 4.78 is 43.0. The molecule has 4 aliphatic rings. The first kappa shape index (κ1) is 81.0. The molecule has 6 amide bonds. The summed E-state index contributed by atoms with van der Waals surface area (Å²) in [6, 6.07) is 49.1. The Morgan fingerprint density at radius 1 is 0.485 bits per heavy atom. The standard InChI is InChI=1S/C22H21N3O4.C16H22N2O4.C15H19NO4.C11H14N2O2.C11H9NO3.2ClH/c1-2-25-19-10-6-7-11-20(19)28-14-18(22(25)27)23-21(26)17-13-16(29-24-17)12-15-8-4-3-5-9-15;1-5-18-12-8-6-7-9-13(12)21-10-11(14(18)19)17-15(20)22-16(2,3)4;1-15(2,3)20-14(18)16-11-9-19-13-7-5-4-6-10(13)8-12(11)17;1-2-13-9-5-3-4-6-10(9)15-7-8(12)11(13)14;13-11(14)10-7-9(15-12-10)6-8-4-2-1-3-5-8;;/h3-11,13,18H,2,12,14H2,1H3,(H,23,26);6-9,11H,5,10H2,1-4H3,(H,17,20);4-7,11H,8-9H2,1-3H3,(H,16,18);3-6,8H,2,7,12H2,1H3;1-5,7H,6H2,(H,13,14);2*1H/t18-;2*11-;8-;;;/m0000.../s1. The summed E-state index contributed by atoms with van der Waals surface area (Å²) in [5, 5.41) is 23.8. The van der Waals surface area contributed by atoms with Gasteiger partial charge in [0.25, 0.3) is 17.7 Å². The number of nitrogens with zero attached hydrogens (tertiary/aromatic N) is 5. The molecular weight excluding hydrogens is 1370 g/mol. The van der Waals surface area contributed by atoms with Crippen molar-refractivity contribution in [2.75, 3.05) is 60.8 Å². The first-order chi connectivity index (χ1) is 48.3. The molecule has 0 aliphatic carbocycles. The van der Waals surface area contributed by atoms with Gasteiger partial charge in [0.15, 0.2) is 17.2 Å². The van der Waals surface area contributed by atoms with Gasteiger partial charge < -0.3 is 79.0 Å². The Bertz CT molecular complexity index is 4140. The third-order valence-electron chi connectivity index (χ3n) is 15.2. The molecule has 0 radical (unpaired) electrons. The number of likely N-dealkylation sites (N-methyl/N-ethyl adjacent to an activating group) is 3. The predicted octanol–water partition coefficient (Wildman–Crippen LogP) is 10.8. The number of hydrogen-bond donors (Lipinski definition) is 5. The number of halogens is 2. The van der Waals surface area contributed by atoms with E-state index < -0.39 is 59.4 Å². The molecule has 28 heteroatoms. The number of carbonyl (C=O) groups excluding carboxylic acids is 7. The van der Waals surface area contributed by atoms with Crippen LogP contribution in [0, 0.1) is 0 Å². The van der Waals surface area contributed by atoms with E-state index in [1.807, 2.05) is 172 Å². The number of Topliss-reactive ketones (excluding diaryl/α,β-unsaturated/α-hetero) is 1. The highest BCUT2D eigenvalue weighted by atomic mass is 35.5. The number of anilines is 3. The smallest absolute Gasteiger partial charge is 0.408 e.